The highest BCUT2D eigenvalue weighted by Crippen LogP contribution is 2.36. The fourth-order valence-electron chi connectivity index (χ4n) is 6.16. The number of thiocarbonyl (C=S) groups is 1. The van der Waals surface area contributed by atoms with Gasteiger partial charge in [-0.3, -0.25) is 14.6 Å². The van der Waals surface area contributed by atoms with Crippen LogP contribution in [0, 0.1) is 0 Å². The average molecular weight is 611 g/mol. The minimum atomic E-state index is -0.786. The highest BCUT2D eigenvalue weighted by molar-refractivity contribution is 7.80. The molecule has 2 aliphatic heterocycles. The standard InChI is InChI=1S/C28H34N4OS.C8H8O2/c1-19(2)33-24-11-8-22(9-12-24)32(28(29)34)23-10-13-27-25(17-23)26(18-30-27)20-6-7-21-5-3-4-15-31(21)16-14-20;9-8(10)6-7-4-2-1-3-5-7/h8-14,17-19,21,30H,3-7,15-16H2,1-2H3,(H2,29,34);1-5H,6H2,(H,9,10). The van der Waals surface area contributed by atoms with Crippen LogP contribution in [0.25, 0.3) is 16.5 Å². The highest BCUT2D eigenvalue weighted by Gasteiger charge is 2.25. The first-order valence-electron chi connectivity index (χ1n) is 15.4. The summed E-state index contributed by atoms with van der Waals surface area (Å²) in [5.41, 5.74) is 12.8. The lowest BCUT2D eigenvalue weighted by Crippen LogP contribution is -2.38. The van der Waals surface area contributed by atoms with Crippen molar-refractivity contribution in [1.82, 2.24) is 9.88 Å². The molecule has 4 aromatic rings. The monoisotopic (exact) mass is 610 g/mol. The molecule has 0 bridgehead atoms. The quantitative estimate of drug-likeness (QED) is 0.185. The maximum absolute atomic E-state index is 10.2. The Kier molecular flexibility index (Phi) is 10.4. The third-order valence-electron chi connectivity index (χ3n) is 8.22. The van der Waals surface area contributed by atoms with Crippen molar-refractivity contribution in [3.63, 3.8) is 0 Å². The maximum atomic E-state index is 10.2. The largest absolute Gasteiger partial charge is 0.491 e. The number of allylic oxidation sites excluding steroid dienone is 1. The predicted molar refractivity (Wildman–Crippen MR) is 184 cm³/mol. The van der Waals surface area contributed by atoms with E-state index in [9.17, 15) is 4.79 Å². The molecule has 3 aromatic carbocycles. The molecule has 1 fully saturated rings. The zero-order valence-corrected chi connectivity index (χ0v) is 26.4. The Labute approximate surface area is 265 Å². The van der Waals surface area contributed by atoms with Gasteiger partial charge in [-0.15, -0.1) is 0 Å². The Balaban J connectivity index is 0.000000328. The van der Waals surface area contributed by atoms with Gasteiger partial charge in [-0.25, -0.2) is 0 Å². The van der Waals surface area contributed by atoms with E-state index >= 15 is 0 Å². The molecule has 0 saturated carbocycles. The first-order valence-corrected chi connectivity index (χ1v) is 15.9. The summed E-state index contributed by atoms with van der Waals surface area (Å²) in [7, 11) is 0. The van der Waals surface area contributed by atoms with Crippen LogP contribution in [-0.4, -0.2) is 51.3 Å². The summed E-state index contributed by atoms with van der Waals surface area (Å²) in [6, 6.07) is 24.2. The summed E-state index contributed by atoms with van der Waals surface area (Å²) in [5, 5.41) is 9.90. The maximum Gasteiger partial charge on any atom is 0.307 e. The van der Waals surface area contributed by atoms with Gasteiger partial charge in [0.2, 0.25) is 0 Å². The molecular weight excluding hydrogens is 568 g/mol. The van der Waals surface area contributed by atoms with Crippen LogP contribution in [0.15, 0.2) is 85.1 Å². The molecule has 0 amide bonds. The van der Waals surface area contributed by atoms with E-state index in [1.807, 2.05) is 61.2 Å². The molecule has 6 rings (SSSR count). The number of hydrogen-bond acceptors (Lipinski definition) is 4. The number of carboxylic acids is 1. The molecule has 1 unspecified atom stereocenters. The van der Waals surface area contributed by atoms with Gasteiger partial charge in [-0.2, -0.15) is 0 Å². The van der Waals surface area contributed by atoms with E-state index < -0.39 is 5.97 Å². The molecular formula is C36H42N4O3S. The minimum absolute atomic E-state index is 0.112. The fraction of sp³-hybridized carbons (Fsp3) is 0.333. The van der Waals surface area contributed by atoms with Crippen LogP contribution in [-0.2, 0) is 11.2 Å². The third-order valence-corrected chi connectivity index (χ3v) is 8.41. The number of rotatable bonds is 7. The van der Waals surface area contributed by atoms with Crippen molar-refractivity contribution in [3.05, 3.63) is 96.2 Å². The van der Waals surface area contributed by atoms with Gasteiger partial charge in [0.1, 0.15) is 5.75 Å². The first-order chi connectivity index (χ1) is 21.3. The van der Waals surface area contributed by atoms with Gasteiger partial charge in [0.05, 0.1) is 12.5 Å². The number of carbonyl (C=O) groups is 1. The van der Waals surface area contributed by atoms with Crippen LogP contribution in [0.5, 0.6) is 5.75 Å². The molecule has 1 saturated heterocycles. The molecule has 7 nitrogen and oxygen atoms in total. The number of hydrogen-bond donors (Lipinski definition) is 3. The average Bonchev–Trinajstić information content (AvgIpc) is 3.30. The van der Waals surface area contributed by atoms with Crippen molar-refractivity contribution >= 4 is 51.2 Å². The second-order valence-corrected chi connectivity index (χ2v) is 12.2. The Bertz CT molecular complexity index is 1600. The molecule has 2 aliphatic rings. The van der Waals surface area contributed by atoms with E-state index in [0.717, 1.165) is 47.2 Å². The molecule has 4 N–H and O–H groups in total. The smallest absolute Gasteiger partial charge is 0.307 e. The van der Waals surface area contributed by atoms with Gasteiger partial charge in [0.15, 0.2) is 5.11 Å². The zero-order valence-electron chi connectivity index (χ0n) is 25.5. The van der Waals surface area contributed by atoms with Crippen LogP contribution in [0.3, 0.4) is 0 Å². The van der Waals surface area contributed by atoms with Crippen molar-refractivity contribution < 1.29 is 14.6 Å². The molecule has 0 aliphatic carbocycles. The lowest BCUT2D eigenvalue weighted by Gasteiger charge is -2.33. The second kappa shape index (κ2) is 14.6. The summed E-state index contributed by atoms with van der Waals surface area (Å²) in [4.78, 5) is 18.2. The minimum Gasteiger partial charge on any atom is -0.491 e. The van der Waals surface area contributed by atoms with Gasteiger partial charge in [-0.1, -0.05) is 42.8 Å². The van der Waals surface area contributed by atoms with Gasteiger partial charge in [0, 0.05) is 46.6 Å². The fourth-order valence-corrected chi connectivity index (χ4v) is 6.37. The van der Waals surface area contributed by atoms with Crippen molar-refractivity contribution in [2.24, 2.45) is 5.73 Å². The molecule has 1 atom stereocenters. The summed E-state index contributed by atoms with van der Waals surface area (Å²) < 4.78 is 5.79. The lowest BCUT2D eigenvalue weighted by atomic mass is 9.95. The molecule has 1 aromatic heterocycles. The van der Waals surface area contributed by atoms with Crippen LogP contribution in [0.1, 0.15) is 57.1 Å². The van der Waals surface area contributed by atoms with E-state index in [1.54, 1.807) is 12.1 Å². The number of nitrogens with zero attached hydrogens (tertiary/aromatic N) is 2. The number of nitrogens with two attached hydrogens (primary N) is 1. The second-order valence-electron chi connectivity index (χ2n) is 11.7. The molecule has 0 radical (unpaired) electrons. The molecule has 8 heteroatoms. The number of H-pyrrole nitrogens is 1. The first kappa shape index (κ1) is 31.3. The number of anilines is 2. The summed E-state index contributed by atoms with van der Waals surface area (Å²) >= 11 is 5.47. The van der Waals surface area contributed by atoms with Crippen LogP contribution in [0.2, 0.25) is 0 Å². The number of benzene rings is 3. The Morgan fingerprint density at radius 2 is 1.82 bits per heavy atom. The SMILES string of the molecule is CC(C)Oc1ccc(N(C(N)=S)c2ccc3[nH]cc(C4=CCN5CCCCC5CC4)c3c2)cc1.O=C(O)Cc1ccccc1. The Morgan fingerprint density at radius 1 is 1.07 bits per heavy atom. The number of aromatic nitrogens is 1. The van der Waals surface area contributed by atoms with Crippen molar-refractivity contribution in [2.75, 3.05) is 18.0 Å². The van der Waals surface area contributed by atoms with E-state index in [4.69, 9.17) is 27.8 Å². The number of aliphatic carboxylic acids is 1. The van der Waals surface area contributed by atoms with Gasteiger partial charge >= 0.3 is 5.97 Å². The number of piperidine rings is 1. The van der Waals surface area contributed by atoms with E-state index in [2.05, 4.69) is 40.4 Å². The molecule has 3 heterocycles. The Morgan fingerprint density at radius 3 is 2.52 bits per heavy atom. The van der Waals surface area contributed by atoms with Gasteiger partial charge in [-0.05, 0) is 112 Å². The summed E-state index contributed by atoms with van der Waals surface area (Å²) in [5.74, 6) is 0.0489. The van der Waals surface area contributed by atoms with Gasteiger partial charge in [0.25, 0.3) is 0 Å². The van der Waals surface area contributed by atoms with Crippen LogP contribution < -0.4 is 15.4 Å². The summed E-state index contributed by atoms with van der Waals surface area (Å²) in [6.45, 7) is 6.33. The Hall–Kier alpha value is -4.14. The van der Waals surface area contributed by atoms with E-state index in [-0.39, 0.29) is 12.5 Å². The number of aromatic amines is 1. The third kappa shape index (κ3) is 7.87. The summed E-state index contributed by atoms with van der Waals surface area (Å²) in [6.07, 6.45) is 11.2. The molecule has 230 valence electrons. The van der Waals surface area contributed by atoms with Crippen molar-refractivity contribution in [1.29, 1.82) is 0 Å². The zero-order chi connectivity index (χ0) is 31.1. The van der Waals surface area contributed by atoms with Gasteiger partial charge < -0.3 is 20.6 Å². The van der Waals surface area contributed by atoms with Crippen molar-refractivity contribution in [3.8, 4) is 5.75 Å². The number of ether oxygens (including phenoxy) is 1. The van der Waals surface area contributed by atoms with Crippen LogP contribution >= 0.6 is 12.2 Å². The predicted octanol–water partition coefficient (Wildman–Crippen LogP) is 7.68. The lowest BCUT2D eigenvalue weighted by molar-refractivity contribution is -0.136. The number of carboxylic acid groups (broad SMARTS) is 1. The van der Waals surface area contributed by atoms with Crippen LogP contribution in [0.4, 0.5) is 11.4 Å². The van der Waals surface area contributed by atoms with Crippen molar-refractivity contribution in [2.45, 2.75) is 64.5 Å². The number of fused-ring (bicyclic) bond motifs is 2. The number of nitrogens with one attached hydrogen (secondary N) is 1. The normalized spacial score (nSPS) is 16.7. The topological polar surface area (TPSA) is 94.8 Å². The molecule has 44 heavy (non-hydrogen) atoms. The highest BCUT2D eigenvalue weighted by atomic mass is 32.1. The molecule has 0 spiro atoms. The van der Waals surface area contributed by atoms with E-state index in [1.165, 1.54) is 48.8 Å². The van der Waals surface area contributed by atoms with E-state index in [0.29, 0.717) is 5.11 Å².